The third-order valence-corrected chi connectivity index (χ3v) is 5.11. The van der Waals surface area contributed by atoms with Gasteiger partial charge < -0.3 is 4.74 Å². The van der Waals surface area contributed by atoms with Gasteiger partial charge in [0.15, 0.2) is 22.5 Å². The number of thioether (sulfide) groups is 1. The molecular formula is C15H13ClFN5OS2. The van der Waals surface area contributed by atoms with Crippen molar-refractivity contribution in [3.63, 3.8) is 0 Å². The van der Waals surface area contributed by atoms with E-state index in [1.807, 2.05) is 4.57 Å². The van der Waals surface area contributed by atoms with E-state index >= 15 is 0 Å². The molecule has 0 bridgehead atoms. The van der Waals surface area contributed by atoms with E-state index in [0.29, 0.717) is 33.3 Å². The van der Waals surface area contributed by atoms with Gasteiger partial charge in [-0.1, -0.05) is 46.1 Å². The van der Waals surface area contributed by atoms with E-state index in [-0.39, 0.29) is 12.4 Å². The molecule has 0 saturated carbocycles. The van der Waals surface area contributed by atoms with Gasteiger partial charge in [-0.25, -0.2) is 4.39 Å². The Morgan fingerprint density at radius 3 is 2.88 bits per heavy atom. The molecule has 0 radical (unpaired) electrons. The first-order valence-electron chi connectivity index (χ1n) is 7.19. The molecule has 0 fully saturated rings. The lowest BCUT2D eigenvalue weighted by atomic mass is 10.3. The van der Waals surface area contributed by atoms with Crippen molar-refractivity contribution in [1.29, 1.82) is 0 Å². The van der Waals surface area contributed by atoms with Gasteiger partial charge in [0.1, 0.15) is 16.6 Å². The van der Waals surface area contributed by atoms with Crippen LogP contribution in [-0.2, 0) is 18.9 Å². The fourth-order valence-corrected chi connectivity index (χ4v) is 3.66. The number of ether oxygens (including phenoxy) is 1. The molecular weight excluding hydrogens is 385 g/mol. The lowest BCUT2D eigenvalue weighted by molar-refractivity contribution is 0.275. The van der Waals surface area contributed by atoms with E-state index in [0.717, 1.165) is 11.5 Å². The van der Waals surface area contributed by atoms with Crippen LogP contribution in [0.1, 0.15) is 11.5 Å². The molecule has 130 valence electrons. The number of aromatic nitrogens is 5. The quantitative estimate of drug-likeness (QED) is 0.423. The number of nitrogens with zero attached hydrogens (tertiary/aromatic N) is 5. The summed E-state index contributed by atoms with van der Waals surface area (Å²) in [5.41, 5.74) is 0.703. The third kappa shape index (κ3) is 4.36. The van der Waals surface area contributed by atoms with Crippen LogP contribution in [0.2, 0.25) is 4.34 Å². The van der Waals surface area contributed by atoms with Crippen LogP contribution in [0.25, 0.3) is 0 Å². The molecule has 0 spiro atoms. The van der Waals surface area contributed by atoms with Gasteiger partial charge in [-0.2, -0.15) is 0 Å². The van der Waals surface area contributed by atoms with Crippen LogP contribution in [0.5, 0.6) is 5.75 Å². The summed E-state index contributed by atoms with van der Waals surface area (Å²) in [4.78, 5) is 0. The topological polar surface area (TPSA) is 65.7 Å². The minimum atomic E-state index is -0.419. The van der Waals surface area contributed by atoms with Gasteiger partial charge in [0, 0.05) is 23.8 Å². The summed E-state index contributed by atoms with van der Waals surface area (Å²) >= 11 is 8.59. The molecule has 0 unspecified atom stereocenters. The van der Waals surface area contributed by atoms with E-state index in [2.05, 4.69) is 26.4 Å². The lowest BCUT2D eigenvalue weighted by Gasteiger charge is -2.09. The standard InChI is InChI=1S/C15H13ClFN5OS2/c1-2-7-22-13(8-23-12-6-4-3-5-10(12)17)19-20-15(22)24-9-11-14(16)25-21-18-11/h2-6H,1,7-9H2. The summed E-state index contributed by atoms with van der Waals surface area (Å²) in [6.07, 6.45) is 1.73. The van der Waals surface area contributed by atoms with Gasteiger partial charge in [0.05, 0.1) is 0 Å². The van der Waals surface area contributed by atoms with Crippen molar-refractivity contribution in [2.45, 2.75) is 24.1 Å². The molecule has 3 rings (SSSR count). The van der Waals surface area contributed by atoms with Crippen LogP contribution >= 0.6 is 34.9 Å². The maximum Gasteiger partial charge on any atom is 0.191 e. The summed E-state index contributed by atoms with van der Waals surface area (Å²) in [5, 5.41) is 12.9. The fourth-order valence-electron chi connectivity index (χ4n) is 1.97. The van der Waals surface area contributed by atoms with Gasteiger partial charge >= 0.3 is 0 Å². The summed E-state index contributed by atoms with van der Waals surface area (Å²) in [6, 6.07) is 6.22. The third-order valence-electron chi connectivity index (χ3n) is 3.15. The predicted octanol–water partition coefficient (Wildman–Crippen LogP) is 3.98. The second kappa shape index (κ2) is 8.41. The van der Waals surface area contributed by atoms with Crippen molar-refractivity contribution in [2.75, 3.05) is 0 Å². The Bertz CT molecular complexity index is 869. The molecule has 6 nitrogen and oxygen atoms in total. The van der Waals surface area contributed by atoms with E-state index in [9.17, 15) is 4.39 Å². The van der Waals surface area contributed by atoms with Gasteiger partial charge in [-0.3, -0.25) is 4.57 Å². The number of hydrogen-bond donors (Lipinski definition) is 0. The lowest BCUT2D eigenvalue weighted by Crippen LogP contribution is -2.08. The number of rotatable bonds is 8. The highest BCUT2D eigenvalue weighted by Crippen LogP contribution is 2.27. The zero-order chi connectivity index (χ0) is 17.6. The van der Waals surface area contributed by atoms with Crippen molar-refractivity contribution in [1.82, 2.24) is 24.4 Å². The predicted molar refractivity (Wildman–Crippen MR) is 95.4 cm³/mol. The largest absolute Gasteiger partial charge is 0.483 e. The van der Waals surface area contributed by atoms with Crippen LogP contribution < -0.4 is 4.74 Å². The first-order chi connectivity index (χ1) is 12.2. The number of benzene rings is 1. The maximum atomic E-state index is 13.6. The second-order valence-corrected chi connectivity index (χ2v) is 7.10. The van der Waals surface area contributed by atoms with E-state index < -0.39 is 5.82 Å². The molecule has 0 aliphatic heterocycles. The SMILES string of the molecule is C=CCn1c(COc2ccccc2F)nnc1SCc1nnsc1Cl. The van der Waals surface area contributed by atoms with Crippen molar-refractivity contribution >= 4 is 34.9 Å². The molecule has 0 N–H and O–H groups in total. The highest BCUT2D eigenvalue weighted by atomic mass is 35.5. The Labute approximate surface area is 156 Å². The molecule has 2 heterocycles. The van der Waals surface area contributed by atoms with Gasteiger partial charge in [-0.05, 0) is 12.1 Å². The number of hydrogen-bond acceptors (Lipinski definition) is 7. The summed E-state index contributed by atoms with van der Waals surface area (Å²) < 4.78 is 25.4. The highest BCUT2D eigenvalue weighted by molar-refractivity contribution is 7.98. The first-order valence-corrected chi connectivity index (χ1v) is 9.32. The van der Waals surface area contributed by atoms with Crippen molar-refractivity contribution in [2.24, 2.45) is 0 Å². The van der Waals surface area contributed by atoms with Gasteiger partial charge in [0.25, 0.3) is 0 Å². The van der Waals surface area contributed by atoms with Gasteiger partial charge in [0.2, 0.25) is 0 Å². The summed E-state index contributed by atoms with van der Waals surface area (Å²) in [7, 11) is 0. The molecule has 10 heteroatoms. The Kier molecular flexibility index (Phi) is 6.00. The Balaban J connectivity index is 1.71. The molecule has 1 aromatic carbocycles. The zero-order valence-electron chi connectivity index (χ0n) is 12.9. The van der Waals surface area contributed by atoms with E-state index in [4.69, 9.17) is 16.3 Å². The maximum absolute atomic E-state index is 13.6. The van der Waals surface area contributed by atoms with Crippen LogP contribution in [0.3, 0.4) is 0 Å². The highest BCUT2D eigenvalue weighted by Gasteiger charge is 2.15. The van der Waals surface area contributed by atoms with E-state index in [1.54, 1.807) is 24.3 Å². The second-order valence-electron chi connectivity index (χ2n) is 4.80. The minimum absolute atomic E-state index is 0.0986. The molecule has 3 aromatic rings. The summed E-state index contributed by atoms with van der Waals surface area (Å²) in [5.74, 6) is 0.856. The Morgan fingerprint density at radius 2 is 2.16 bits per heavy atom. The first kappa shape index (κ1) is 17.8. The Morgan fingerprint density at radius 1 is 1.32 bits per heavy atom. The monoisotopic (exact) mass is 397 g/mol. The molecule has 0 aliphatic rings. The normalized spacial score (nSPS) is 10.8. The molecule has 0 amide bonds. The minimum Gasteiger partial charge on any atom is -0.483 e. The zero-order valence-corrected chi connectivity index (χ0v) is 15.3. The van der Waals surface area contributed by atoms with Crippen molar-refractivity contribution < 1.29 is 9.13 Å². The molecule has 0 atom stereocenters. The molecule has 0 saturated heterocycles. The van der Waals surface area contributed by atoms with Crippen LogP contribution in [-0.4, -0.2) is 24.4 Å². The van der Waals surface area contributed by atoms with Crippen molar-refractivity contribution in [3.05, 3.63) is 58.6 Å². The number of allylic oxidation sites excluding steroid dienone is 1. The average Bonchev–Trinajstić information content (AvgIpc) is 3.19. The molecule has 25 heavy (non-hydrogen) atoms. The van der Waals surface area contributed by atoms with Crippen LogP contribution in [0, 0.1) is 5.82 Å². The van der Waals surface area contributed by atoms with Crippen LogP contribution in [0.15, 0.2) is 42.1 Å². The van der Waals surface area contributed by atoms with E-state index in [1.165, 1.54) is 17.8 Å². The van der Waals surface area contributed by atoms with Crippen LogP contribution in [0.4, 0.5) is 4.39 Å². The van der Waals surface area contributed by atoms with Crippen molar-refractivity contribution in [3.8, 4) is 5.75 Å². The number of halogens is 2. The molecule has 0 aliphatic carbocycles. The molecule has 2 aromatic heterocycles. The Hall–Kier alpha value is -1.97. The average molecular weight is 398 g/mol. The smallest absolute Gasteiger partial charge is 0.191 e. The summed E-state index contributed by atoms with van der Waals surface area (Å²) in [6.45, 7) is 4.35. The van der Waals surface area contributed by atoms with Gasteiger partial charge in [-0.15, -0.1) is 21.9 Å². The number of para-hydroxylation sites is 1. The fraction of sp³-hybridized carbons (Fsp3) is 0.200.